The topological polar surface area (TPSA) is 23.5 Å². The SMILES string of the molecule is CC1(O)CCCN(C[B-](F)(F)F)C1.[K+]. The third kappa shape index (κ3) is 6.09. The van der Waals surface area contributed by atoms with Gasteiger partial charge in [-0.05, 0) is 32.8 Å². The molecule has 2 nitrogen and oxygen atoms in total. The molecule has 1 N–H and O–H groups in total. The summed E-state index contributed by atoms with van der Waals surface area (Å²) in [6.07, 6.45) is 0.379. The quantitative estimate of drug-likeness (QED) is 0.572. The van der Waals surface area contributed by atoms with Gasteiger partial charge in [0.25, 0.3) is 0 Å². The Hall–Kier alpha value is 1.41. The fourth-order valence-electron chi connectivity index (χ4n) is 1.77. The van der Waals surface area contributed by atoms with Gasteiger partial charge in [-0.2, -0.15) is 0 Å². The zero-order valence-corrected chi connectivity index (χ0v) is 11.8. The van der Waals surface area contributed by atoms with Crippen molar-refractivity contribution in [2.45, 2.75) is 25.4 Å². The van der Waals surface area contributed by atoms with Crippen LogP contribution in [0.15, 0.2) is 0 Å². The molecule has 0 aliphatic carbocycles. The van der Waals surface area contributed by atoms with E-state index < -0.39 is 19.0 Å². The van der Waals surface area contributed by atoms with Gasteiger partial charge in [-0.25, -0.2) is 0 Å². The Labute approximate surface area is 125 Å². The number of nitrogens with zero attached hydrogens (tertiary/aromatic N) is 1. The van der Waals surface area contributed by atoms with E-state index >= 15 is 0 Å². The molecule has 1 fully saturated rings. The molecule has 1 aliphatic heterocycles. The first-order valence-electron chi connectivity index (χ1n) is 4.44. The molecule has 7 heteroatoms. The molecule has 78 valence electrons. The van der Waals surface area contributed by atoms with Crippen molar-refractivity contribution in [1.29, 1.82) is 0 Å². The number of β-amino-alcohol motifs (C(OH)–C–C–N with tert-alkyl or cyclic N) is 1. The first kappa shape index (κ1) is 15.4. The molecule has 1 rings (SSSR count). The molecule has 0 bridgehead atoms. The van der Waals surface area contributed by atoms with E-state index in [0.717, 1.165) is 0 Å². The van der Waals surface area contributed by atoms with Crippen LogP contribution < -0.4 is 51.4 Å². The molecule has 1 aliphatic rings. The van der Waals surface area contributed by atoms with Crippen LogP contribution in [0.4, 0.5) is 12.9 Å². The summed E-state index contributed by atoms with van der Waals surface area (Å²) in [5.41, 5.74) is -0.945. The van der Waals surface area contributed by atoms with Crippen molar-refractivity contribution in [3.05, 3.63) is 0 Å². The zero-order chi connectivity index (χ0) is 10.1. The molecule has 0 aromatic heterocycles. The number of aliphatic hydroxyl groups is 1. The average Bonchev–Trinajstić information content (AvgIpc) is 1.79. The molecule has 0 spiro atoms. The van der Waals surface area contributed by atoms with E-state index in [1.165, 1.54) is 4.90 Å². The Bertz CT molecular complexity index is 186. The van der Waals surface area contributed by atoms with E-state index in [1.807, 2.05) is 0 Å². The fraction of sp³-hybridized carbons (Fsp3) is 1.00. The number of hydrogen-bond acceptors (Lipinski definition) is 2. The third-order valence-corrected chi connectivity index (χ3v) is 2.22. The minimum Gasteiger partial charge on any atom is -0.448 e. The van der Waals surface area contributed by atoms with Crippen molar-refractivity contribution >= 4 is 6.98 Å². The maximum atomic E-state index is 12.0. The predicted octanol–water partition coefficient (Wildman–Crippen LogP) is -1.78. The molecule has 0 saturated carbocycles. The number of piperidine rings is 1. The van der Waals surface area contributed by atoms with Crippen molar-refractivity contribution in [3.63, 3.8) is 0 Å². The largest absolute Gasteiger partial charge is 1.00 e. The Kier molecular flexibility index (Phi) is 6.22. The predicted molar refractivity (Wildman–Crippen MR) is 45.4 cm³/mol. The number of halogens is 3. The van der Waals surface area contributed by atoms with Gasteiger partial charge in [-0.3, -0.25) is 0 Å². The Morgan fingerprint density at radius 2 is 2.00 bits per heavy atom. The third-order valence-electron chi connectivity index (χ3n) is 2.22. The van der Waals surface area contributed by atoms with Crippen molar-refractivity contribution in [1.82, 2.24) is 4.90 Å². The molecule has 1 heterocycles. The van der Waals surface area contributed by atoms with Crippen LogP contribution >= 0.6 is 0 Å². The summed E-state index contributed by atoms with van der Waals surface area (Å²) < 4.78 is 36.1. The minimum atomic E-state index is -4.76. The van der Waals surface area contributed by atoms with E-state index in [4.69, 9.17) is 0 Å². The van der Waals surface area contributed by atoms with E-state index in [1.54, 1.807) is 6.92 Å². The molecule has 14 heavy (non-hydrogen) atoms. The maximum absolute atomic E-state index is 12.0. The molecule has 1 unspecified atom stereocenters. The molecule has 0 amide bonds. The van der Waals surface area contributed by atoms with E-state index in [9.17, 15) is 18.1 Å². The maximum Gasteiger partial charge on any atom is 1.00 e. The van der Waals surface area contributed by atoms with Crippen LogP contribution in [0.25, 0.3) is 0 Å². The van der Waals surface area contributed by atoms with Crippen molar-refractivity contribution in [3.8, 4) is 0 Å². The summed E-state index contributed by atoms with van der Waals surface area (Å²) in [5, 5.41) is 9.54. The van der Waals surface area contributed by atoms with Crippen LogP contribution in [0.2, 0.25) is 0 Å². The number of rotatable bonds is 2. The minimum absolute atomic E-state index is 0. The average molecular weight is 235 g/mol. The summed E-state index contributed by atoms with van der Waals surface area (Å²) in [5.74, 6) is 0. The normalized spacial score (nSPS) is 29.8. The summed E-state index contributed by atoms with van der Waals surface area (Å²) in [6, 6.07) is 0. The molecule has 1 saturated heterocycles. The fourth-order valence-corrected chi connectivity index (χ4v) is 1.77. The van der Waals surface area contributed by atoms with Gasteiger partial charge in [0, 0.05) is 6.54 Å². The number of hydrogen-bond donors (Lipinski definition) is 1. The van der Waals surface area contributed by atoms with Crippen molar-refractivity contribution in [2.75, 3.05) is 19.5 Å². The van der Waals surface area contributed by atoms with E-state index in [-0.39, 0.29) is 57.9 Å². The Balaban J connectivity index is 0.00000169. The summed E-state index contributed by atoms with van der Waals surface area (Å²) in [4.78, 5) is 1.28. The molecular weight excluding hydrogens is 221 g/mol. The van der Waals surface area contributed by atoms with Gasteiger partial charge in [-0.1, -0.05) is 0 Å². The smallest absolute Gasteiger partial charge is 0.448 e. The van der Waals surface area contributed by atoms with Gasteiger partial charge < -0.3 is 23.0 Å². The Morgan fingerprint density at radius 3 is 2.43 bits per heavy atom. The first-order valence-corrected chi connectivity index (χ1v) is 4.44. The van der Waals surface area contributed by atoms with Crippen LogP contribution in [0.5, 0.6) is 0 Å². The first-order chi connectivity index (χ1) is 5.79. The monoisotopic (exact) mass is 235 g/mol. The summed E-state index contributed by atoms with van der Waals surface area (Å²) in [6.45, 7) is -2.60. The second kappa shape index (κ2) is 5.65. The number of likely N-dealkylation sites (tertiary alicyclic amines) is 1. The van der Waals surface area contributed by atoms with Crippen molar-refractivity contribution in [2.24, 2.45) is 0 Å². The van der Waals surface area contributed by atoms with Gasteiger partial charge in [0.05, 0.1) is 5.60 Å². The van der Waals surface area contributed by atoms with Crippen LogP contribution in [-0.2, 0) is 0 Å². The summed E-state index contributed by atoms with van der Waals surface area (Å²) >= 11 is 0. The van der Waals surface area contributed by atoms with E-state index in [0.29, 0.717) is 19.4 Å². The van der Waals surface area contributed by atoms with Crippen LogP contribution in [-0.4, -0.2) is 42.1 Å². The Morgan fingerprint density at radius 1 is 1.43 bits per heavy atom. The molecular formula is C7H14BF3KNO. The van der Waals surface area contributed by atoms with Gasteiger partial charge in [0.2, 0.25) is 0 Å². The van der Waals surface area contributed by atoms with Crippen LogP contribution in [0.3, 0.4) is 0 Å². The van der Waals surface area contributed by atoms with Crippen LogP contribution in [0, 0.1) is 0 Å². The molecule has 0 radical (unpaired) electrons. The second-order valence-electron chi connectivity index (χ2n) is 4.05. The molecule has 0 aromatic rings. The zero-order valence-electron chi connectivity index (χ0n) is 8.64. The van der Waals surface area contributed by atoms with Crippen LogP contribution in [0.1, 0.15) is 19.8 Å². The molecule has 1 atom stereocenters. The van der Waals surface area contributed by atoms with Gasteiger partial charge in [-0.15, -0.1) is 0 Å². The molecule has 0 aromatic carbocycles. The second-order valence-corrected chi connectivity index (χ2v) is 4.05. The van der Waals surface area contributed by atoms with Gasteiger partial charge >= 0.3 is 58.4 Å². The van der Waals surface area contributed by atoms with Gasteiger partial charge in [0.1, 0.15) is 0 Å². The standard InChI is InChI=1S/C7H14BF3NO.K/c1-7(13)3-2-4-12(5-7)6-8(9,10)11;/h13H,2-6H2,1H3;/q-1;+1. The van der Waals surface area contributed by atoms with E-state index in [2.05, 4.69) is 0 Å². The van der Waals surface area contributed by atoms with Crippen molar-refractivity contribution < 1.29 is 69.4 Å². The van der Waals surface area contributed by atoms with Gasteiger partial charge in [0.15, 0.2) is 0 Å². The summed E-state index contributed by atoms with van der Waals surface area (Å²) in [7, 11) is 0.